The summed E-state index contributed by atoms with van der Waals surface area (Å²) >= 11 is 1.64. The van der Waals surface area contributed by atoms with Gasteiger partial charge in [-0.25, -0.2) is 4.98 Å². The number of nitrogens with zero attached hydrogens (tertiary/aromatic N) is 4. The molecule has 0 spiro atoms. The van der Waals surface area contributed by atoms with Gasteiger partial charge < -0.3 is 4.42 Å². The van der Waals surface area contributed by atoms with Gasteiger partial charge in [-0.2, -0.15) is 0 Å². The zero-order valence-corrected chi connectivity index (χ0v) is 16.4. The third-order valence-corrected chi connectivity index (χ3v) is 5.78. The normalized spacial score (nSPS) is 13.8. The third kappa shape index (κ3) is 3.47. The molecule has 0 radical (unpaired) electrons. The van der Waals surface area contributed by atoms with Crippen molar-refractivity contribution in [3.63, 3.8) is 0 Å². The summed E-state index contributed by atoms with van der Waals surface area (Å²) in [6.07, 6.45) is 4.12. The number of oxazole rings is 1. The van der Waals surface area contributed by atoms with Crippen LogP contribution in [0.5, 0.6) is 0 Å². The molecule has 0 saturated heterocycles. The van der Waals surface area contributed by atoms with Crippen LogP contribution in [0.1, 0.15) is 35.8 Å². The average molecular weight is 388 g/mol. The lowest BCUT2D eigenvalue weighted by molar-refractivity contribution is 0.573. The van der Waals surface area contributed by atoms with E-state index in [0.717, 1.165) is 27.9 Å². The molecule has 4 aromatic rings. The fourth-order valence-corrected chi connectivity index (χ4v) is 3.98. The lowest BCUT2D eigenvalue weighted by atomic mass is 10.1. The van der Waals surface area contributed by atoms with Crippen LogP contribution >= 0.6 is 11.8 Å². The Balaban J connectivity index is 1.37. The van der Waals surface area contributed by atoms with Gasteiger partial charge in [0, 0.05) is 22.9 Å². The van der Waals surface area contributed by atoms with Crippen molar-refractivity contribution in [3.05, 3.63) is 77.9 Å². The number of hydrogen-bond donors (Lipinski definition) is 0. The number of para-hydroxylation sites is 1. The Morgan fingerprint density at radius 1 is 1.04 bits per heavy atom. The Hall–Kier alpha value is -2.86. The van der Waals surface area contributed by atoms with Crippen molar-refractivity contribution in [2.75, 3.05) is 0 Å². The van der Waals surface area contributed by atoms with Gasteiger partial charge in [-0.05, 0) is 44.0 Å². The predicted molar refractivity (Wildman–Crippen MR) is 110 cm³/mol. The molecule has 0 aliphatic heterocycles. The minimum Gasteiger partial charge on any atom is -0.444 e. The molecule has 0 unspecified atom stereocenters. The summed E-state index contributed by atoms with van der Waals surface area (Å²) < 4.78 is 7.86. The quantitative estimate of drug-likeness (QED) is 0.414. The number of aryl methyl sites for hydroxylation is 1. The van der Waals surface area contributed by atoms with E-state index in [9.17, 15) is 0 Å². The van der Waals surface area contributed by atoms with Crippen molar-refractivity contribution >= 4 is 11.8 Å². The fourth-order valence-electron chi connectivity index (χ4n) is 3.14. The van der Waals surface area contributed by atoms with E-state index in [1.165, 1.54) is 18.4 Å². The van der Waals surface area contributed by atoms with Gasteiger partial charge in [0.2, 0.25) is 5.89 Å². The molecule has 6 heteroatoms. The van der Waals surface area contributed by atoms with Gasteiger partial charge in [0.1, 0.15) is 12.1 Å². The lowest BCUT2D eigenvalue weighted by Crippen LogP contribution is -2.01. The number of aromatic nitrogens is 4. The monoisotopic (exact) mass is 388 g/mol. The Labute approximate surface area is 167 Å². The summed E-state index contributed by atoms with van der Waals surface area (Å²) in [5, 5.41) is 9.83. The van der Waals surface area contributed by atoms with Crippen molar-refractivity contribution < 1.29 is 4.42 Å². The first-order valence-electron chi connectivity index (χ1n) is 9.43. The topological polar surface area (TPSA) is 56.7 Å². The smallest absolute Gasteiger partial charge is 0.226 e. The maximum absolute atomic E-state index is 5.68. The molecule has 140 valence electrons. The van der Waals surface area contributed by atoms with Crippen molar-refractivity contribution in [1.82, 2.24) is 19.7 Å². The molecule has 2 heterocycles. The second kappa shape index (κ2) is 7.28. The summed E-state index contributed by atoms with van der Waals surface area (Å²) in [5.41, 5.74) is 4.22. The Morgan fingerprint density at radius 2 is 1.82 bits per heavy atom. The van der Waals surface area contributed by atoms with E-state index in [-0.39, 0.29) is 0 Å². The van der Waals surface area contributed by atoms with Crippen LogP contribution in [-0.4, -0.2) is 19.7 Å². The molecule has 0 atom stereocenters. The highest BCUT2D eigenvalue weighted by molar-refractivity contribution is 7.98. The standard InChI is InChI=1S/C22H20N4OS/c1-15-7-9-17(10-8-15)21-23-18(13-27-21)14-28-22-25-24-20(16-11-12-16)26(22)19-5-3-2-4-6-19/h2-10,13,16H,11-12,14H2,1H3. The van der Waals surface area contributed by atoms with Gasteiger partial charge in [-0.15, -0.1) is 10.2 Å². The summed E-state index contributed by atoms with van der Waals surface area (Å²) in [7, 11) is 0. The number of benzene rings is 2. The van der Waals surface area contributed by atoms with Crippen LogP contribution in [0.25, 0.3) is 17.1 Å². The first-order chi connectivity index (χ1) is 13.8. The molecule has 2 aromatic heterocycles. The molecule has 28 heavy (non-hydrogen) atoms. The maximum atomic E-state index is 5.68. The van der Waals surface area contributed by atoms with Gasteiger partial charge >= 0.3 is 0 Å². The number of thioether (sulfide) groups is 1. The molecule has 1 fully saturated rings. The Morgan fingerprint density at radius 3 is 2.57 bits per heavy atom. The third-order valence-electron chi connectivity index (χ3n) is 4.81. The van der Waals surface area contributed by atoms with E-state index < -0.39 is 0 Å². The highest BCUT2D eigenvalue weighted by Crippen LogP contribution is 2.41. The van der Waals surface area contributed by atoms with Gasteiger partial charge in [-0.1, -0.05) is 47.7 Å². The van der Waals surface area contributed by atoms with E-state index in [4.69, 9.17) is 4.42 Å². The molecule has 1 aliphatic rings. The highest BCUT2D eigenvalue weighted by atomic mass is 32.2. The Kier molecular flexibility index (Phi) is 4.49. The summed E-state index contributed by atoms with van der Waals surface area (Å²) in [5.74, 6) is 2.93. The van der Waals surface area contributed by atoms with E-state index in [2.05, 4.69) is 50.9 Å². The Bertz CT molecular complexity index is 1080. The van der Waals surface area contributed by atoms with Crippen LogP contribution in [0, 0.1) is 6.92 Å². The summed E-state index contributed by atoms with van der Waals surface area (Å²) in [6.45, 7) is 2.07. The van der Waals surface area contributed by atoms with Crippen molar-refractivity contribution in [2.45, 2.75) is 36.6 Å². The second-order valence-electron chi connectivity index (χ2n) is 7.08. The largest absolute Gasteiger partial charge is 0.444 e. The molecule has 5 nitrogen and oxygen atoms in total. The minimum atomic E-state index is 0.530. The zero-order valence-electron chi connectivity index (χ0n) is 15.6. The van der Waals surface area contributed by atoms with Crippen molar-refractivity contribution in [2.24, 2.45) is 0 Å². The van der Waals surface area contributed by atoms with Gasteiger partial charge in [0.15, 0.2) is 5.16 Å². The van der Waals surface area contributed by atoms with Crippen LogP contribution in [0.3, 0.4) is 0 Å². The van der Waals surface area contributed by atoms with E-state index in [1.807, 2.05) is 30.3 Å². The lowest BCUT2D eigenvalue weighted by Gasteiger charge is -2.09. The second-order valence-corrected chi connectivity index (χ2v) is 8.03. The molecule has 1 aliphatic carbocycles. The summed E-state index contributed by atoms with van der Waals surface area (Å²) in [4.78, 5) is 4.64. The van der Waals surface area contributed by atoms with E-state index >= 15 is 0 Å². The van der Waals surface area contributed by atoms with Crippen LogP contribution < -0.4 is 0 Å². The summed E-state index contributed by atoms with van der Waals surface area (Å²) in [6, 6.07) is 18.5. The van der Waals surface area contributed by atoms with Crippen molar-refractivity contribution in [1.29, 1.82) is 0 Å². The fraction of sp³-hybridized carbons (Fsp3) is 0.227. The first-order valence-corrected chi connectivity index (χ1v) is 10.4. The van der Waals surface area contributed by atoms with Crippen LogP contribution in [0.2, 0.25) is 0 Å². The molecule has 0 bridgehead atoms. The van der Waals surface area contributed by atoms with Crippen molar-refractivity contribution in [3.8, 4) is 17.1 Å². The zero-order chi connectivity index (χ0) is 18.9. The van der Waals surface area contributed by atoms with E-state index in [0.29, 0.717) is 17.6 Å². The molecule has 5 rings (SSSR count). The first kappa shape index (κ1) is 17.3. The van der Waals surface area contributed by atoms with Crippen LogP contribution in [0.4, 0.5) is 0 Å². The number of rotatable bonds is 6. The van der Waals surface area contributed by atoms with E-state index in [1.54, 1.807) is 18.0 Å². The maximum Gasteiger partial charge on any atom is 0.226 e. The molecule has 2 aromatic carbocycles. The SMILES string of the molecule is Cc1ccc(-c2nc(CSc3nnc(C4CC4)n3-c3ccccc3)co2)cc1. The molecule has 0 amide bonds. The molecule has 0 N–H and O–H groups in total. The van der Waals surface area contributed by atoms with Gasteiger partial charge in [0.25, 0.3) is 0 Å². The van der Waals surface area contributed by atoms with Gasteiger partial charge in [0.05, 0.1) is 5.69 Å². The average Bonchev–Trinajstić information content (AvgIpc) is 3.31. The predicted octanol–water partition coefficient (Wildman–Crippen LogP) is 5.40. The molecule has 1 saturated carbocycles. The molecular formula is C22H20N4OS. The van der Waals surface area contributed by atoms with Crippen LogP contribution in [-0.2, 0) is 5.75 Å². The number of hydrogen-bond acceptors (Lipinski definition) is 5. The molecular weight excluding hydrogens is 368 g/mol. The highest BCUT2D eigenvalue weighted by Gasteiger charge is 2.31. The minimum absolute atomic E-state index is 0.530. The van der Waals surface area contributed by atoms with Crippen LogP contribution in [0.15, 0.2) is 70.4 Å². The van der Waals surface area contributed by atoms with Gasteiger partial charge in [-0.3, -0.25) is 4.57 Å².